The van der Waals surface area contributed by atoms with Gasteiger partial charge >= 0.3 is 0 Å². The second-order valence-corrected chi connectivity index (χ2v) is 5.09. The zero-order chi connectivity index (χ0) is 14.5. The number of hydrogen-bond acceptors (Lipinski definition) is 3. The maximum Gasteiger partial charge on any atom is 0.239 e. The summed E-state index contributed by atoms with van der Waals surface area (Å²) in [5.74, 6) is -0.317. The highest BCUT2D eigenvalue weighted by molar-refractivity contribution is 5.87. The molecule has 0 aliphatic carbocycles. The molecule has 1 heterocycles. The molecular formula is C15H21N3O2. The summed E-state index contributed by atoms with van der Waals surface area (Å²) >= 11 is 0. The molecule has 0 fully saturated rings. The molecule has 0 unspecified atom stereocenters. The quantitative estimate of drug-likeness (QED) is 0.850. The summed E-state index contributed by atoms with van der Waals surface area (Å²) in [6.07, 6.45) is 2.09. The molecule has 108 valence electrons. The molecule has 0 bridgehead atoms. The van der Waals surface area contributed by atoms with Crippen LogP contribution >= 0.6 is 0 Å². The Morgan fingerprint density at radius 1 is 1.30 bits per heavy atom. The van der Waals surface area contributed by atoms with Gasteiger partial charge in [-0.3, -0.25) is 9.59 Å². The highest BCUT2D eigenvalue weighted by Crippen LogP contribution is 2.29. The van der Waals surface area contributed by atoms with Gasteiger partial charge in [0.1, 0.15) is 0 Å². The van der Waals surface area contributed by atoms with Gasteiger partial charge in [-0.1, -0.05) is 18.2 Å². The van der Waals surface area contributed by atoms with Crippen LogP contribution in [-0.2, 0) is 16.0 Å². The summed E-state index contributed by atoms with van der Waals surface area (Å²) < 4.78 is 0. The largest absolute Gasteiger partial charge is 0.359 e. The Kier molecular flexibility index (Phi) is 4.61. The van der Waals surface area contributed by atoms with E-state index < -0.39 is 0 Å². The summed E-state index contributed by atoms with van der Waals surface area (Å²) in [7, 11) is 1.55. The Labute approximate surface area is 119 Å². The van der Waals surface area contributed by atoms with Crippen molar-refractivity contribution >= 4 is 17.5 Å². The number of aryl methyl sites for hydroxylation is 1. The molecule has 1 aliphatic rings. The predicted molar refractivity (Wildman–Crippen MR) is 78.6 cm³/mol. The van der Waals surface area contributed by atoms with E-state index in [1.165, 1.54) is 5.56 Å². The van der Waals surface area contributed by atoms with Gasteiger partial charge < -0.3 is 15.5 Å². The van der Waals surface area contributed by atoms with Gasteiger partial charge in [0.15, 0.2) is 0 Å². The average Bonchev–Trinajstić information content (AvgIpc) is 2.47. The molecule has 20 heavy (non-hydrogen) atoms. The average molecular weight is 275 g/mol. The van der Waals surface area contributed by atoms with Crippen molar-refractivity contribution in [3.05, 3.63) is 29.8 Å². The molecule has 0 saturated heterocycles. The first-order chi connectivity index (χ1) is 9.61. The second kappa shape index (κ2) is 6.41. The van der Waals surface area contributed by atoms with Crippen molar-refractivity contribution in [3.8, 4) is 0 Å². The van der Waals surface area contributed by atoms with Crippen LogP contribution < -0.4 is 15.5 Å². The molecule has 0 spiro atoms. The van der Waals surface area contributed by atoms with Crippen LogP contribution in [0.15, 0.2) is 24.3 Å². The lowest BCUT2D eigenvalue weighted by atomic mass is 9.97. The van der Waals surface area contributed by atoms with Gasteiger partial charge in [-0.25, -0.2) is 0 Å². The SMILES string of the molecule is CNC(=O)CNC(=O)CN1c2ccccc2CC[C@@H]1C. The maximum atomic E-state index is 12.0. The number of nitrogens with zero attached hydrogens (tertiary/aromatic N) is 1. The van der Waals surface area contributed by atoms with E-state index in [0.29, 0.717) is 6.04 Å². The van der Waals surface area contributed by atoms with Crippen molar-refractivity contribution in [2.24, 2.45) is 0 Å². The van der Waals surface area contributed by atoms with Crippen LogP contribution in [0.3, 0.4) is 0 Å². The fourth-order valence-corrected chi connectivity index (χ4v) is 2.48. The van der Waals surface area contributed by atoms with Gasteiger partial charge in [0, 0.05) is 18.8 Å². The van der Waals surface area contributed by atoms with E-state index in [2.05, 4.69) is 34.6 Å². The first kappa shape index (κ1) is 14.4. The minimum atomic E-state index is -0.189. The van der Waals surface area contributed by atoms with Gasteiger partial charge in [-0.15, -0.1) is 0 Å². The zero-order valence-electron chi connectivity index (χ0n) is 12.0. The highest BCUT2D eigenvalue weighted by Gasteiger charge is 2.24. The number of carbonyl (C=O) groups excluding carboxylic acids is 2. The van der Waals surface area contributed by atoms with E-state index in [0.717, 1.165) is 18.5 Å². The van der Waals surface area contributed by atoms with Crippen molar-refractivity contribution < 1.29 is 9.59 Å². The Hall–Kier alpha value is -2.04. The van der Waals surface area contributed by atoms with Crippen LogP contribution in [0.25, 0.3) is 0 Å². The fourth-order valence-electron chi connectivity index (χ4n) is 2.48. The number of para-hydroxylation sites is 1. The summed E-state index contributed by atoms with van der Waals surface area (Å²) in [6, 6.07) is 8.51. The van der Waals surface area contributed by atoms with Crippen LogP contribution in [0.2, 0.25) is 0 Å². The molecule has 1 aromatic carbocycles. The van der Waals surface area contributed by atoms with E-state index in [1.807, 2.05) is 12.1 Å². The molecule has 5 heteroatoms. The summed E-state index contributed by atoms with van der Waals surface area (Å²) in [6.45, 7) is 2.44. The van der Waals surface area contributed by atoms with Crippen LogP contribution in [-0.4, -0.2) is 38.0 Å². The number of likely N-dealkylation sites (N-methyl/N-ethyl adjacent to an activating group) is 1. The van der Waals surface area contributed by atoms with Crippen LogP contribution in [0, 0.1) is 0 Å². The third-order valence-corrected chi connectivity index (χ3v) is 3.70. The van der Waals surface area contributed by atoms with Crippen LogP contribution in [0.5, 0.6) is 0 Å². The van der Waals surface area contributed by atoms with E-state index in [9.17, 15) is 9.59 Å². The third-order valence-electron chi connectivity index (χ3n) is 3.70. The minimum Gasteiger partial charge on any atom is -0.359 e. The van der Waals surface area contributed by atoms with Gasteiger partial charge in [0.2, 0.25) is 11.8 Å². The third kappa shape index (κ3) is 3.29. The molecule has 0 radical (unpaired) electrons. The molecular weight excluding hydrogens is 254 g/mol. The molecule has 0 saturated carbocycles. The molecule has 2 amide bonds. The molecule has 2 rings (SSSR count). The number of hydrogen-bond donors (Lipinski definition) is 2. The Morgan fingerprint density at radius 2 is 2.05 bits per heavy atom. The molecule has 0 aromatic heterocycles. The van der Waals surface area contributed by atoms with E-state index in [4.69, 9.17) is 0 Å². The monoisotopic (exact) mass is 275 g/mol. The van der Waals surface area contributed by atoms with Crippen LogP contribution in [0.4, 0.5) is 5.69 Å². The molecule has 5 nitrogen and oxygen atoms in total. The van der Waals surface area contributed by atoms with E-state index in [1.54, 1.807) is 7.05 Å². The van der Waals surface area contributed by atoms with Crippen molar-refractivity contribution in [2.75, 3.05) is 25.0 Å². The first-order valence-corrected chi connectivity index (χ1v) is 6.93. The highest BCUT2D eigenvalue weighted by atomic mass is 16.2. The van der Waals surface area contributed by atoms with Gasteiger partial charge in [-0.05, 0) is 31.4 Å². The van der Waals surface area contributed by atoms with Crippen molar-refractivity contribution in [1.82, 2.24) is 10.6 Å². The van der Waals surface area contributed by atoms with Crippen molar-refractivity contribution in [1.29, 1.82) is 0 Å². The summed E-state index contributed by atoms with van der Waals surface area (Å²) in [5.41, 5.74) is 2.41. The summed E-state index contributed by atoms with van der Waals surface area (Å²) in [5, 5.41) is 5.12. The van der Waals surface area contributed by atoms with Gasteiger partial charge in [0.25, 0.3) is 0 Å². The van der Waals surface area contributed by atoms with E-state index >= 15 is 0 Å². The number of rotatable bonds is 4. The lowest BCUT2D eigenvalue weighted by molar-refractivity contribution is -0.125. The van der Waals surface area contributed by atoms with Gasteiger partial charge in [0.05, 0.1) is 13.1 Å². The maximum absolute atomic E-state index is 12.0. The molecule has 1 aliphatic heterocycles. The molecule has 1 aromatic rings. The smallest absolute Gasteiger partial charge is 0.239 e. The Balaban J connectivity index is 2.01. The van der Waals surface area contributed by atoms with Crippen molar-refractivity contribution in [2.45, 2.75) is 25.8 Å². The lowest BCUT2D eigenvalue weighted by Crippen LogP contribution is -2.46. The predicted octanol–water partition coefficient (Wildman–Crippen LogP) is 0.690. The fraction of sp³-hybridized carbons (Fsp3) is 0.467. The number of fused-ring (bicyclic) bond motifs is 1. The Bertz CT molecular complexity index is 502. The number of nitrogens with one attached hydrogen (secondary N) is 2. The van der Waals surface area contributed by atoms with Crippen molar-refractivity contribution in [3.63, 3.8) is 0 Å². The summed E-state index contributed by atoms with van der Waals surface area (Å²) in [4.78, 5) is 25.2. The van der Waals surface area contributed by atoms with Gasteiger partial charge in [-0.2, -0.15) is 0 Å². The Morgan fingerprint density at radius 3 is 2.80 bits per heavy atom. The first-order valence-electron chi connectivity index (χ1n) is 6.93. The number of amides is 2. The molecule has 2 N–H and O–H groups in total. The van der Waals surface area contributed by atoms with Crippen LogP contribution in [0.1, 0.15) is 18.9 Å². The zero-order valence-corrected chi connectivity index (χ0v) is 12.0. The topological polar surface area (TPSA) is 61.4 Å². The number of anilines is 1. The normalized spacial score (nSPS) is 17.3. The lowest BCUT2D eigenvalue weighted by Gasteiger charge is -2.36. The molecule has 1 atom stereocenters. The van der Waals surface area contributed by atoms with E-state index in [-0.39, 0.29) is 24.9 Å². The number of carbonyl (C=O) groups is 2. The standard InChI is InChI=1S/C15H21N3O2/c1-11-7-8-12-5-3-4-6-13(12)18(11)10-15(20)17-9-14(19)16-2/h3-6,11H,7-10H2,1-2H3,(H,16,19)(H,17,20)/t11-/m0/s1. The number of benzene rings is 1. The minimum absolute atomic E-state index is 0.0270. The second-order valence-electron chi connectivity index (χ2n) is 5.09.